The molecule has 0 spiro atoms. The summed E-state index contributed by atoms with van der Waals surface area (Å²) in [6.45, 7) is 8.42. The minimum absolute atomic E-state index is 0.176. The molecule has 2 atom stereocenters. The van der Waals surface area contributed by atoms with Gasteiger partial charge in [-0.2, -0.15) is 0 Å². The second-order valence-corrected chi connectivity index (χ2v) is 12.9. The molecule has 3 aromatic rings. The van der Waals surface area contributed by atoms with Crippen LogP contribution in [0.15, 0.2) is 59.6 Å². The van der Waals surface area contributed by atoms with E-state index in [2.05, 4.69) is 28.6 Å². The van der Waals surface area contributed by atoms with Crippen LogP contribution in [0.2, 0.25) is 0 Å². The molecule has 1 saturated carbocycles. The third-order valence-corrected chi connectivity index (χ3v) is 8.44. The standard InChI is InChI=1S/C37H43N3O4/c1-5-6-15-34-39-32-21-20-28(38-35(42)30-13-8-7-11-27(30)24-41)22-33(32)40(34)23-25-16-18-26(19-17-25)29-12-9-10-14-31(29)36(43)44-37(2,3)4/h9-10,12,14,16-21,24,27,30H,5-8,11,13,15,22-23H2,1-4H3/t27-,30+/m0/s1. The molecule has 2 aliphatic rings. The number of carbonyl (C=O) groups excluding carboxylic acids is 3. The van der Waals surface area contributed by atoms with Crippen LogP contribution < -0.4 is 0 Å². The lowest BCUT2D eigenvalue weighted by Gasteiger charge is -2.25. The van der Waals surface area contributed by atoms with Gasteiger partial charge in [0.15, 0.2) is 0 Å². The van der Waals surface area contributed by atoms with Gasteiger partial charge in [0.2, 0.25) is 5.91 Å². The van der Waals surface area contributed by atoms with E-state index in [-0.39, 0.29) is 23.7 Å². The quantitative estimate of drug-likeness (QED) is 0.190. The number of benzene rings is 2. The average molecular weight is 594 g/mol. The number of aldehydes is 1. The Labute approximate surface area is 260 Å². The van der Waals surface area contributed by atoms with Crippen molar-refractivity contribution in [3.05, 3.63) is 82.9 Å². The lowest BCUT2D eigenvalue weighted by atomic mass is 9.79. The number of aromatic nitrogens is 2. The van der Waals surface area contributed by atoms with E-state index in [1.54, 1.807) is 6.07 Å². The second-order valence-electron chi connectivity index (χ2n) is 12.9. The van der Waals surface area contributed by atoms with Gasteiger partial charge in [0, 0.05) is 31.2 Å². The van der Waals surface area contributed by atoms with E-state index >= 15 is 0 Å². The molecule has 0 saturated heterocycles. The highest BCUT2D eigenvalue weighted by atomic mass is 16.6. The van der Waals surface area contributed by atoms with E-state index in [0.29, 0.717) is 18.5 Å². The summed E-state index contributed by atoms with van der Waals surface area (Å²) in [4.78, 5) is 47.1. The number of allylic oxidation sites excluding steroid dienone is 1. The number of aliphatic imine (C=N–C) groups is 1. The van der Waals surface area contributed by atoms with E-state index in [9.17, 15) is 14.4 Å². The summed E-state index contributed by atoms with van der Waals surface area (Å²) in [5.74, 6) is -0.0235. The van der Waals surface area contributed by atoms with Crippen molar-refractivity contribution >= 4 is 30.0 Å². The fourth-order valence-electron chi connectivity index (χ4n) is 6.14. The van der Waals surface area contributed by atoms with Crippen LogP contribution >= 0.6 is 0 Å². The first-order valence-corrected chi connectivity index (χ1v) is 15.9. The normalized spacial score (nSPS) is 19.0. The predicted octanol–water partition coefficient (Wildman–Crippen LogP) is 7.44. The van der Waals surface area contributed by atoms with Crippen LogP contribution in [0.3, 0.4) is 0 Å². The molecule has 0 radical (unpaired) electrons. The number of hydrogen-bond donors (Lipinski definition) is 0. The molecule has 1 fully saturated rings. The van der Waals surface area contributed by atoms with Crippen molar-refractivity contribution in [2.75, 3.05) is 0 Å². The van der Waals surface area contributed by atoms with E-state index in [0.717, 1.165) is 90.8 Å². The molecule has 0 aliphatic heterocycles. The van der Waals surface area contributed by atoms with Crippen molar-refractivity contribution in [1.29, 1.82) is 0 Å². The van der Waals surface area contributed by atoms with Gasteiger partial charge in [-0.3, -0.25) is 4.79 Å². The maximum atomic E-state index is 13.1. The minimum atomic E-state index is -0.575. The van der Waals surface area contributed by atoms with Gasteiger partial charge in [-0.15, -0.1) is 0 Å². The topological polar surface area (TPSA) is 90.6 Å². The predicted molar refractivity (Wildman–Crippen MR) is 174 cm³/mol. The highest BCUT2D eigenvalue weighted by Crippen LogP contribution is 2.31. The van der Waals surface area contributed by atoms with Crippen molar-refractivity contribution < 1.29 is 19.1 Å². The van der Waals surface area contributed by atoms with E-state index < -0.39 is 5.60 Å². The molecule has 44 heavy (non-hydrogen) atoms. The zero-order valence-electron chi connectivity index (χ0n) is 26.3. The highest BCUT2D eigenvalue weighted by molar-refractivity contribution is 6.07. The third-order valence-electron chi connectivity index (χ3n) is 8.44. The first-order chi connectivity index (χ1) is 21.2. The monoisotopic (exact) mass is 593 g/mol. The molecule has 7 heteroatoms. The lowest BCUT2D eigenvalue weighted by Crippen LogP contribution is -2.28. The van der Waals surface area contributed by atoms with Gasteiger partial charge in [0.1, 0.15) is 17.7 Å². The number of carbonyl (C=O) groups is 3. The summed E-state index contributed by atoms with van der Waals surface area (Å²) in [6, 6.07) is 15.8. The number of ether oxygens (including phenoxy) is 1. The third kappa shape index (κ3) is 7.32. The van der Waals surface area contributed by atoms with Crippen molar-refractivity contribution in [1.82, 2.24) is 9.55 Å². The van der Waals surface area contributed by atoms with Gasteiger partial charge in [-0.1, -0.05) is 68.7 Å². The van der Waals surface area contributed by atoms with Crippen LogP contribution in [0, 0.1) is 11.8 Å². The van der Waals surface area contributed by atoms with Gasteiger partial charge in [-0.05, 0) is 74.9 Å². The molecule has 0 N–H and O–H groups in total. The van der Waals surface area contributed by atoms with Crippen molar-refractivity contribution in [2.45, 2.75) is 91.2 Å². The summed E-state index contributed by atoms with van der Waals surface area (Å²) in [5, 5.41) is 0. The Morgan fingerprint density at radius 2 is 1.80 bits per heavy atom. The molecule has 2 aromatic carbocycles. The largest absolute Gasteiger partial charge is 0.456 e. The summed E-state index contributed by atoms with van der Waals surface area (Å²) in [6.07, 6.45) is 11.7. The van der Waals surface area contributed by atoms with Crippen molar-refractivity contribution in [2.24, 2.45) is 16.8 Å². The van der Waals surface area contributed by atoms with Gasteiger partial charge in [0.05, 0.1) is 22.7 Å². The van der Waals surface area contributed by atoms with Gasteiger partial charge < -0.3 is 14.1 Å². The molecule has 1 aromatic heterocycles. The van der Waals surface area contributed by atoms with E-state index in [4.69, 9.17) is 9.72 Å². The van der Waals surface area contributed by atoms with Crippen LogP contribution in [0.4, 0.5) is 0 Å². The number of amides is 1. The molecular weight excluding hydrogens is 550 g/mol. The Bertz CT molecular complexity index is 1570. The Balaban J connectivity index is 1.39. The SMILES string of the molecule is CCCCc1nc2c(n1Cc1ccc(-c3ccccc3C(=O)OC(C)(C)C)cc1)CC(=NC(=O)[C@@H]1CCCC[C@H]1C=O)C=C2. The number of rotatable bonds is 9. The smallest absolute Gasteiger partial charge is 0.339 e. The van der Waals surface area contributed by atoms with Crippen LogP contribution in [0.25, 0.3) is 17.2 Å². The Morgan fingerprint density at radius 3 is 2.52 bits per heavy atom. The maximum Gasteiger partial charge on any atom is 0.339 e. The summed E-state index contributed by atoms with van der Waals surface area (Å²) < 4.78 is 7.93. The molecule has 5 rings (SSSR count). The molecule has 1 heterocycles. The summed E-state index contributed by atoms with van der Waals surface area (Å²) >= 11 is 0. The van der Waals surface area contributed by atoms with Crippen LogP contribution in [0.1, 0.15) is 99.4 Å². The maximum absolute atomic E-state index is 13.1. The number of nitrogens with zero attached hydrogens (tertiary/aromatic N) is 3. The van der Waals surface area contributed by atoms with Gasteiger partial charge in [-0.25, -0.2) is 14.8 Å². The Kier molecular flexibility index (Phi) is 9.72. The molecule has 1 amide bonds. The van der Waals surface area contributed by atoms with Crippen LogP contribution in [-0.4, -0.2) is 39.0 Å². The second kappa shape index (κ2) is 13.7. The van der Waals surface area contributed by atoms with Crippen LogP contribution in [0.5, 0.6) is 0 Å². The lowest BCUT2D eigenvalue weighted by molar-refractivity contribution is -0.128. The Morgan fingerprint density at radius 1 is 1.05 bits per heavy atom. The Hall–Kier alpha value is -4.13. The first kappa shape index (κ1) is 31.3. The van der Waals surface area contributed by atoms with Gasteiger partial charge >= 0.3 is 5.97 Å². The van der Waals surface area contributed by atoms with Gasteiger partial charge in [0.25, 0.3) is 0 Å². The number of esters is 1. The summed E-state index contributed by atoms with van der Waals surface area (Å²) in [7, 11) is 0. The number of imidazole rings is 1. The molecule has 0 unspecified atom stereocenters. The number of hydrogen-bond acceptors (Lipinski definition) is 5. The fraction of sp³-hybridized carbons (Fsp3) is 0.432. The first-order valence-electron chi connectivity index (χ1n) is 15.9. The summed E-state index contributed by atoms with van der Waals surface area (Å²) in [5.41, 5.74) is 5.56. The van der Waals surface area contributed by atoms with Crippen molar-refractivity contribution in [3.63, 3.8) is 0 Å². The highest BCUT2D eigenvalue weighted by Gasteiger charge is 2.31. The number of fused-ring (bicyclic) bond motifs is 1. The van der Waals surface area contributed by atoms with E-state index in [1.807, 2.05) is 63.3 Å². The average Bonchev–Trinajstić information content (AvgIpc) is 3.35. The van der Waals surface area contributed by atoms with Crippen LogP contribution in [-0.2, 0) is 33.7 Å². The molecule has 2 aliphatic carbocycles. The number of unbranched alkanes of at least 4 members (excludes halogenated alkanes) is 1. The molecular formula is C37H43N3O4. The molecule has 230 valence electrons. The van der Waals surface area contributed by atoms with E-state index in [1.165, 1.54) is 0 Å². The number of aryl methyl sites for hydroxylation is 1. The molecule has 0 bridgehead atoms. The zero-order valence-corrected chi connectivity index (χ0v) is 26.3. The molecule has 7 nitrogen and oxygen atoms in total. The fourth-order valence-corrected chi connectivity index (χ4v) is 6.14. The van der Waals surface area contributed by atoms with Crippen molar-refractivity contribution in [3.8, 4) is 11.1 Å². The minimum Gasteiger partial charge on any atom is -0.456 e. The zero-order chi connectivity index (χ0) is 31.3.